The Labute approximate surface area is 186 Å². The molecule has 4 N–H and O–H groups in total. The van der Waals surface area contributed by atoms with E-state index in [0.29, 0.717) is 29.6 Å². The van der Waals surface area contributed by atoms with Crippen molar-refractivity contribution in [3.05, 3.63) is 35.7 Å². The molecule has 1 aromatic heterocycles. The van der Waals surface area contributed by atoms with Gasteiger partial charge in [0.2, 0.25) is 0 Å². The number of aromatic nitrogens is 2. The minimum Gasteiger partial charge on any atom is -0.465 e. The molecule has 0 spiro atoms. The molecule has 32 heavy (non-hydrogen) atoms. The highest BCUT2D eigenvalue weighted by Gasteiger charge is 2.16. The molecular weight excluding hydrogens is 416 g/mol. The fourth-order valence-corrected chi connectivity index (χ4v) is 3.28. The van der Waals surface area contributed by atoms with Gasteiger partial charge in [-0.05, 0) is 31.2 Å². The summed E-state index contributed by atoms with van der Waals surface area (Å²) in [7, 11) is 2.53. The van der Waals surface area contributed by atoms with Crippen molar-refractivity contribution in [1.82, 2.24) is 14.9 Å². The van der Waals surface area contributed by atoms with Crippen LogP contribution in [0.25, 0.3) is 0 Å². The molecule has 0 saturated carbocycles. The van der Waals surface area contributed by atoms with Gasteiger partial charge in [-0.15, -0.1) is 0 Å². The highest BCUT2D eigenvalue weighted by atomic mass is 16.5. The number of nitrogen functional groups attached to an aromatic ring is 1. The summed E-state index contributed by atoms with van der Waals surface area (Å²) in [5.41, 5.74) is 7.37. The molecule has 1 fully saturated rings. The Balaban J connectivity index is 1.69. The summed E-state index contributed by atoms with van der Waals surface area (Å²) < 4.78 is 14.9. The van der Waals surface area contributed by atoms with Crippen molar-refractivity contribution < 1.29 is 23.8 Å². The van der Waals surface area contributed by atoms with Crippen molar-refractivity contribution in [3.8, 4) is 0 Å². The Bertz CT molecular complexity index is 914. The number of morpholine rings is 1. The minimum atomic E-state index is -0.586. The summed E-state index contributed by atoms with van der Waals surface area (Å²) in [6, 6.07) is 4.47. The molecule has 1 aliphatic rings. The van der Waals surface area contributed by atoms with Crippen molar-refractivity contribution in [2.75, 3.05) is 70.0 Å². The summed E-state index contributed by atoms with van der Waals surface area (Å²) >= 11 is 0. The molecule has 11 heteroatoms. The zero-order chi connectivity index (χ0) is 22.9. The van der Waals surface area contributed by atoms with E-state index in [-0.39, 0.29) is 11.1 Å². The van der Waals surface area contributed by atoms with Crippen LogP contribution in [0.3, 0.4) is 0 Å². The van der Waals surface area contributed by atoms with E-state index >= 15 is 0 Å². The summed E-state index contributed by atoms with van der Waals surface area (Å²) in [6.45, 7) is 5.10. The monoisotopic (exact) mass is 444 g/mol. The van der Waals surface area contributed by atoms with Crippen molar-refractivity contribution >= 4 is 34.9 Å². The molecule has 1 aromatic carbocycles. The van der Waals surface area contributed by atoms with Gasteiger partial charge in [-0.1, -0.05) is 0 Å². The Morgan fingerprint density at radius 1 is 1.06 bits per heavy atom. The van der Waals surface area contributed by atoms with Crippen LogP contribution < -0.4 is 16.4 Å². The lowest BCUT2D eigenvalue weighted by molar-refractivity contribution is 0.0378. The van der Waals surface area contributed by atoms with Gasteiger partial charge in [-0.25, -0.2) is 19.6 Å². The number of benzene rings is 1. The first-order valence-corrected chi connectivity index (χ1v) is 10.2. The molecule has 0 aliphatic carbocycles. The van der Waals surface area contributed by atoms with Gasteiger partial charge in [0.15, 0.2) is 11.6 Å². The van der Waals surface area contributed by atoms with Crippen LogP contribution in [0.15, 0.2) is 24.5 Å². The molecule has 0 amide bonds. The maximum Gasteiger partial charge on any atom is 0.337 e. The topological polar surface area (TPSA) is 141 Å². The van der Waals surface area contributed by atoms with E-state index in [1.54, 1.807) is 0 Å². The second-order valence-electron chi connectivity index (χ2n) is 7.13. The number of anilines is 4. The van der Waals surface area contributed by atoms with Crippen LogP contribution in [0.4, 0.5) is 23.0 Å². The number of rotatable bonds is 9. The molecule has 0 radical (unpaired) electrons. The first-order valence-electron chi connectivity index (χ1n) is 10.2. The molecule has 0 bridgehead atoms. The first kappa shape index (κ1) is 23.2. The van der Waals surface area contributed by atoms with Gasteiger partial charge in [0.1, 0.15) is 12.0 Å². The van der Waals surface area contributed by atoms with Crippen molar-refractivity contribution in [3.63, 3.8) is 0 Å². The lowest BCUT2D eigenvalue weighted by Gasteiger charge is -2.26. The van der Waals surface area contributed by atoms with E-state index in [9.17, 15) is 9.59 Å². The second-order valence-corrected chi connectivity index (χ2v) is 7.13. The van der Waals surface area contributed by atoms with E-state index in [0.717, 1.165) is 39.3 Å². The van der Waals surface area contributed by atoms with Gasteiger partial charge in [0.05, 0.1) is 38.6 Å². The Morgan fingerprint density at radius 3 is 2.31 bits per heavy atom. The zero-order valence-corrected chi connectivity index (χ0v) is 18.2. The molecule has 1 saturated heterocycles. The number of nitrogens with zero attached hydrogens (tertiary/aromatic N) is 3. The number of hydrogen-bond donors (Lipinski definition) is 3. The molecule has 3 rings (SSSR count). The number of carbonyl (C=O) groups is 2. The lowest BCUT2D eigenvalue weighted by atomic mass is 10.1. The molecule has 11 nitrogen and oxygen atoms in total. The van der Waals surface area contributed by atoms with E-state index in [1.807, 2.05) is 0 Å². The number of nitrogens with two attached hydrogens (primary N) is 1. The summed E-state index contributed by atoms with van der Waals surface area (Å²) in [5.74, 6) is -0.329. The van der Waals surface area contributed by atoms with Crippen LogP contribution in [0, 0.1) is 0 Å². The standard InChI is InChI=1S/C21H28N6O5/c1-30-20(28)14-10-15(21(29)31-2)12-16(11-14)26-19-17(22)18(24-13-25-19)23-4-3-5-27-6-8-32-9-7-27/h10-13H,3-9,22H2,1-2H3,(H2,23,24,25,26). The van der Waals surface area contributed by atoms with Crippen molar-refractivity contribution in [2.45, 2.75) is 6.42 Å². The predicted molar refractivity (Wildman–Crippen MR) is 119 cm³/mol. The third-order valence-electron chi connectivity index (χ3n) is 4.97. The average molecular weight is 444 g/mol. The summed E-state index contributed by atoms with van der Waals surface area (Å²) in [6.07, 6.45) is 2.31. The van der Waals surface area contributed by atoms with E-state index in [4.69, 9.17) is 19.9 Å². The highest BCUT2D eigenvalue weighted by molar-refractivity contribution is 5.97. The summed E-state index contributed by atoms with van der Waals surface area (Å²) in [4.78, 5) is 34.7. The summed E-state index contributed by atoms with van der Waals surface area (Å²) in [5, 5.41) is 6.27. The van der Waals surface area contributed by atoms with E-state index in [2.05, 4.69) is 25.5 Å². The maximum absolute atomic E-state index is 12.0. The predicted octanol–water partition coefficient (Wildman–Crippen LogP) is 1.51. The van der Waals surface area contributed by atoms with Gasteiger partial charge in [0, 0.05) is 25.3 Å². The number of methoxy groups -OCH3 is 2. The van der Waals surface area contributed by atoms with Crippen LogP contribution in [-0.4, -0.2) is 80.4 Å². The van der Waals surface area contributed by atoms with Gasteiger partial charge < -0.3 is 30.6 Å². The third kappa shape index (κ3) is 6.05. The number of esters is 2. The van der Waals surface area contributed by atoms with Gasteiger partial charge in [0.25, 0.3) is 0 Å². The molecule has 172 valence electrons. The quantitative estimate of drug-likeness (QED) is 0.383. The highest BCUT2D eigenvalue weighted by Crippen LogP contribution is 2.27. The van der Waals surface area contributed by atoms with Gasteiger partial charge in [-0.2, -0.15) is 0 Å². The van der Waals surface area contributed by atoms with Crippen LogP contribution in [0.5, 0.6) is 0 Å². The smallest absolute Gasteiger partial charge is 0.337 e. The zero-order valence-electron chi connectivity index (χ0n) is 18.2. The Morgan fingerprint density at radius 2 is 1.69 bits per heavy atom. The normalized spacial score (nSPS) is 13.9. The number of carbonyl (C=O) groups excluding carboxylic acids is 2. The van der Waals surface area contributed by atoms with Crippen molar-refractivity contribution in [1.29, 1.82) is 0 Å². The van der Waals surface area contributed by atoms with Crippen LogP contribution in [-0.2, 0) is 14.2 Å². The number of ether oxygens (including phenoxy) is 3. The molecule has 0 unspecified atom stereocenters. The van der Waals surface area contributed by atoms with Gasteiger partial charge in [-0.3, -0.25) is 4.90 Å². The van der Waals surface area contributed by atoms with Crippen LogP contribution in [0.2, 0.25) is 0 Å². The molecule has 0 atom stereocenters. The minimum absolute atomic E-state index is 0.187. The third-order valence-corrected chi connectivity index (χ3v) is 4.97. The number of nitrogens with one attached hydrogen (secondary N) is 2. The SMILES string of the molecule is COC(=O)c1cc(Nc2ncnc(NCCCN3CCOCC3)c2N)cc(C(=O)OC)c1. The van der Waals surface area contributed by atoms with E-state index < -0.39 is 11.9 Å². The fourth-order valence-electron chi connectivity index (χ4n) is 3.28. The largest absolute Gasteiger partial charge is 0.465 e. The average Bonchev–Trinajstić information content (AvgIpc) is 2.83. The first-order chi connectivity index (χ1) is 15.5. The molecule has 1 aliphatic heterocycles. The number of hydrogen-bond acceptors (Lipinski definition) is 11. The Kier molecular flexibility index (Phi) is 8.17. The second kappa shape index (κ2) is 11.3. The lowest BCUT2D eigenvalue weighted by Crippen LogP contribution is -2.37. The van der Waals surface area contributed by atoms with Crippen molar-refractivity contribution in [2.24, 2.45) is 0 Å². The van der Waals surface area contributed by atoms with Crippen LogP contribution in [0.1, 0.15) is 27.1 Å². The maximum atomic E-state index is 12.0. The molecule has 2 heterocycles. The Hall–Kier alpha value is -3.44. The van der Waals surface area contributed by atoms with E-state index in [1.165, 1.54) is 38.7 Å². The van der Waals surface area contributed by atoms with Crippen LogP contribution >= 0.6 is 0 Å². The molecule has 2 aromatic rings. The molecular formula is C21H28N6O5. The fraction of sp³-hybridized carbons (Fsp3) is 0.429. The van der Waals surface area contributed by atoms with Gasteiger partial charge >= 0.3 is 11.9 Å².